The van der Waals surface area contributed by atoms with Crippen LogP contribution in [0.4, 0.5) is 5.82 Å². The lowest BCUT2D eigenvalue weighted by Crippen LogP contribution is -2.11. The molecule has 3 rings (SSSR count). The van der Waals surface area contributed by atoms with Crippen molar-refractivity contribution in [2.75, 3.05) is 25.1 Å². The molecule has 1 atom stereocenters. The second-order valence-corrected chi connectivity index (χ2v) is 6.73. The molecule has 2 aromatic rings. The summed E-state index contributed by atoms with van der Waals surface area (Å²) in [6.45, 7) is 0.0328. The number of carbonyl (C=O) groups is 1. The standard InChI is InChI=1S/C18H19N5O2S/c1-21-8-12-14(10-2-4-11(5-3-10)17(20)25)15(13-9-22-13)16(19)23-18(12)26-7-6-24/h2-5,8-9,13,24H,6-7H2,1H3,(H2,19,23)(H2,20,25). The Morgan fingerprint density at radius 3 is 2.62 bits per heavy atom. The predicted molar refractivity (Wildman–Crippen MR) is 105 cm³/mol. The number of aliphatic hydroxyl groups excluding tert-OH is 1. The summed E-state index contributed by atoms with van der Waals surface area (Å²) >= 11 is 1.41. The number of nitrogens with zero attached hydrogens (tertiary/aromatic N) is 3. The summed E-state index contributed by atoms with van der Waals surface area (Å²) in [6, 6.07) is 6.91. The summed E-state index contributed by atoms with van der Waals surface area (Å²) in [7, 11) is 1.68. The van der Waals surface area contributed by atoms with E-state index in [9.17, 15) is 4.79 Å². The zero-order chi connectivity index (χ0) is 18.7. The number of primary amides is 1. The van der Waals surface area contributed by atoms with E-state index in [0.29, 0.717) is 22.2 Å². The molecule has 1 aliphatic rings. The molecule has 1 aromatic carbocycles. The Kier molecular flexibility index (Phi) is 5.34. The molecule has 0 fully saturated rings. The van der Waals surface area contributed by atoms with Crippen molar-refractivity contribution < 1.29 is 9.90 Å². The van der Waals surface area contributed by atoms with Crippen molar-refractivity contribution in [3.8, 4) is 11.1 Å². The van der Waals surface area contributed by atoms with Gasteiger partial charge in [0.1, 0.15) is 16.9 Å². The first-order chi connectivity index (χ1) is 12.6. The van der Waals surface area contributed by atoms with Crippen LogP contribution in [0, 0.1) is 0 Å². The third-order valence-electron chi connectivity index (χ3n) is 3.91. The van der Waals surface area contributed by atoms with Crippen LogP contribution in [0.5, 0.6) is 0 Å². The van der Waals surface area contributed by atoms with E-state index in [0.717, 1.165) is 22.3 Å². The minimum Gasteiger partial charge on any atom is -0.396 e. The van der Waals surface area contributed by atoms with E-state index >= 15 is 0 Å². The average molecular weight is 369 g/mol. The first kappa shape index (κ1) is 18.1. The Balaban J connectivity index is 2.21. The Morgan fingerprint density at radius 1 is 1.38 bits per heavy atom. The minimum absolute atomic E-state index is 0.0328. The fraction of sp³-hybridized carbons (Fsp3) is 0.222. The first-order valence-electron chi connectivity index (χ1n) is 7.99. The van der Waals surface area contributed by atoms with Gasteiger partial charge in [0.05, 0.1) is 6.61 Å². The Labute approximate surface area is 155 Å². The largest absolute Gasteiger partial charge is 0.396 e. The number of rotatable bonds is 7. The number of aliphatic hydroxyl groups is 1. The number of thioether (sulfide) groups is 1. The molecule has 0 spiro atoms. The average Bonchev–Trinajstić information content (AvgIpc) is 3.46. The highest BCUT2D eigenvalue weighted by molar-refractivity contribution is 7.99. The molecular formula is C18H19N5O2S. The third kappa shape index (κ3) is 3.61. The van der Waals surface area contributed by atoms with Crippen LogP contribution in [0.25, 0.3) is 11.1 Å². The van der Waals surface area contributed by atoms with Crippen LogP contribution in [-0.4, -0.2) is 47.8 Å². The fourth-order valence-corrected chi connectivity index (χ4v) is 3.47. The van der Waals surface area contributed by atoms with Crippen molar-refractivity contribution in [2.45, 2.75) is 11.1 Å². The number of benzene rings is 1. The fourth-order valence-electron chi connectivity index (χ4n) is 2.71. The van der Waals surface area contributed by atoms with Crippen molar-refractivity contribution in [3.63, 3.8) is 0 Å². The lowest BCUT2D eigenvalue weighted by Gasteiger charge is -2.17. The number of amides is 1. The van der Waals surface area contributed by atoms with Gasteiger partial charge in [-0.2, -0.15) is 0 Å². The Hall–Kier alpha value is -2.71. The van der Waals surface area contributed by atoms with E-state index in [-0.39, 0.29) is 12.6 Å². The monoisotopic (exact) mass is 369 g/mol. The highest BCUT2D eigenvalue weighted by Gasteiger charge is 2.28. The quantitative estimate of drug-likeness (QED) is 0.505. The van der Waals surface area contributed by atoms with Crippen molar-refractivity contribution >= 4 is 35.9 Å². The maximum absolute atomic E-state index is 11.4. The number of nitrogens with two attached hydrogens (primary N) is 2. The number of nitrogen functional groups attached to an aromatic ring is 1. The van der Waals surface area contributed by atoms with E-state index in [4.69, 9.17) is 16.6 Å². The number of aromatic nitrogens is 1. The van der Waals surface area contributed by atoms with Gasteiger partial charge < -0.3 is 16.6 Å². The molecular weight excluding hydrogens is 350 g/mol. The summed E-state index contributed by atoms with van der Waals surface area (Å²) in [6.07, 6.45) is 3.54. The van der Waals surface area contributed by atoms with Gasteiger partial charge in [0.2, 0.25) is 5.91 Å². The zero-order valence-corrected chi connectivity index (χ0v) is 15.0. The zero-order valence-electron chi connectivity index (χ0n) is 14.2. The van der Waals surface area contributed by atoms with Crippen LogP contribution in [0.2, 0.25) is 0 Å². The van der Waals surface area contributed by atoms with Gasteiger partial charge in [-0.3, -0.25) is 14.8 Å². The molecule has 0 saturated heterocycles. The smallest absolute Gasteiger partial charge is 0.248 e. The van der Waals surface area contributed by atoms with Crippen molar-refractivity contribution in [1.82, 2.24) is 4.98 Å². The molecule has 7 nitrogen and oxygen atoms in total. The van der Waals surface area contributed by atoms with Crippen LogP contribution in [-0.2, 0) is 0 Å². The topological polar surface area (TPSA) is 127 Å². The molecule has 134 valence electrons. The number of hydrogen-bond donors (Lipinski definition) is 3. The van der Waals surface area contributed by atoms with Crippen molar-refractivity contribution in [2.24, 2.45) is 15.7 Å². The lowest BCUT2D eigenvalue weighted by molar-refractivity contribution is 0.100. The van der Waals surface area contributed by atoms with Gasteiger partial charge in [0.15, 0.2) is 0 Å². The maximum atomic E-state index is 11.4. The van der Waals surface area contributed by atoms with Crippen LogP contribution in [0.1, 0.15) is 27.5 Å². The summed E-state index contributed by atoms with van der Waals surface area (Å²) in [4.78, 5) is 24.3. The Bertz CT molecular complexity index is 887. The van der Waals surface area contributed by atoms with Gasteiger partial charge in [-0.25, -0.2) is 4.98 Å². The van der Waals surface area contributed by atoms with Gasteiger partial charge in [0, 0.05) is 47.5 Å². The molecule has 26 heavy (non-hydrogen) atoms. The molecule has 1 aliphatic heterocycles. The Morgan fingerprint density at radius 2 is 2.08 bits per heavy atom. The number of carbonyl (C=O) groups excluding carboxylic acids is 1. The van der Waals surface area contributed by atoms with E-state index in [1.807, 2.05) is 18.3 Å². The van der Waals surface area contributed by atoms with Gasteiger partial charge in [-0.15, -0.1) is 11.8 Å². The SMILES string of the molecule is CN=Cc1c(SCCO)nc(N)c(C2C=N2)c1-c1ccc(C(N)=O)cc1. The van der Waals surface area contributed by atoms with Crippen LogP contribution in [0.15, 0.2) is 39.3 Å². The lowest BCUT2D eigenvalue weighted by atomic mass is 9.93. The van der Waals surface area contributed by atoms with E-state index < -0.39 is 5.91 Å². The van der Waals surface area contributed by atoms with E-state index in [1.54, 1.807) is 25.4 Å². The molecule has 0 saturated carbocycles. The minimum atomic E-state index is -0.480. The van der Waals surface area contributed by atoms with Gasteiger partial charge in [-0.1, -0.05) is 12.1 Å². The molecule has 0 radical (unpaired) electrons. The summed E-state index contributed by atoms with van der Waals surface area (Å²) in [5, 5.41) is 9.86. The molecule has 1 amide bonds. The third-order valence-corrected chi connectivity index (χ3v) is 4.88. The van der Waals surface area contributed by atoms with Gasteiger partial charge >= 0.3 is 0 Å². The molecule has 5 N–H and O–H groups in total. The summed E-state index contributed by atoms with van der Waals surface area (Å²) in [5.74, 6) is 0.414. The second kappa shape index (κ2) is 7.67. The molecule has 2 heterocycles. The van der Waals surface area contributed by atoms with Crippen LogP contribution in [0.3, 0.4) is 0 Å². The molecule has 0 aliphatic carbocycles. The first-order valence-corrected chi connectivity index (χ1v) is 8.98. The maximum Gasteiger partial charge on any atom is 0.248 e. The molecule has 1 unspecified atom stereocenters. The molecule has 0 bridgehead atoms. The van der Waals surface area contributed by atoms with Crippen LogP contribution < -0.4 is 11.5 Å². The van der Waals surface area contributed by atoms with Crippen molar-refractivity contribution in [3.05, 3.63) is 41.0 Å². The van der Waals surface area contributed by atoms with E-state index in [1.165, 1.54) is 11.8 Å². The van der Waals surface area contributed by atoms with Gasteiger partial charge in [-0.05, 0) is 17.7 Å². The highest BCUT2D eigenvalue weighted by Crippen LogP contribution is 2.41. The molecule has 1 aromatic heterocycles. The number of aliphatic imine (C=N–C) groups is 2. The summed E-state index contributed by atoms with van der Waals surface area (Å²) < 4.78 is 0. The van der Waals surface area contributed by atoms with Gasteiger partial charge in [0.25, 0.3) is 0 Å². The van der Waals surface area contributed by atoms with Crippen LogP contribution >= 0.6 is 11.8 Å². The van der Waals surface area contributed by atoms with Crippen molar-refractivity contribution in [1.29, 1.82) is 0 Å². The van der Waals surface area contributed by atoms with E-state index in [2.05, 4.69) is 15.0 Å². The molecule has 8 heteroatoms. The number of hydrogen-bond acceptors (Lipinski definition) is 7. The predicted octanol–water partition coefficient (Wildman–Crippen LogP) is 1.69. The summed E-state index contributed by atoms with van der Waals surface area (Å²) in [5.41, 5.74) is 15.4. The second-order valence-electron chi connectivity index (χ2n) is 5.65. The normalized spacial score (nSPS) is 15.5. The highest BCUT2D eigenvalue weighted by atomic mass is 32.2. The number of anilines is 1. The number of pyridine rings is 1.